The Morgan fingerprint density at radius 2 is 1.45 bits per heavy atom. The Kier molecular flexibility index (Phi) is 1.93. The van der Waals surface area contributed by atoms with Gasteiger partial charge in [0.05, 0.1) is 29.7 Å². The third-order valence-corrected chi connectivity index (χ3v) is 5.66. The molecule has 4 aliphatic rings. The van der Waals surface area contributed by atoms with Crippen LogP contribution in [0.15, 0.2) is 30.3 Å². The molecule has 1 aromatic rings. The van der Waals surface area contributed by atoms with Gasteiger partial charge < -0.3 is 4.74 Å². The molecule has 3 saturated heterocycles. The van der Waals surface area contributed by atoms with E-state index in [4.69, 9.17) is 4.74 Å². The number of carbonyl (C=O) groups excluding carboxylic acids is 2. The molecule has 1 saturated carbocycles. The highest BCUT2D eigenvalue weighted by Crippen LogP contribution is 2.61. The summed E-state index contributed by atoms with van der Waals surface area (Å²) in [5, 5.41) is 0. The number of rotatable bonds is 1. The molecule has 2 amide bonds. The maximum Gasteiger partial charge on any atom is 0.240 e. The smallest absolute Gasteiger partial charge is 0.240 e. The van der Waals surface area contributed by atoms with Crippen molar-refractivity contribution < 1.29 is 14.3 Å². The lowest BCUT2D eigenvalue weighted by molar-refractivity contribution is -0.125. The number of hydrogen-bond acceptors (Lipinski definition) is 3. The molecule has 4 nitrogen and oxygen atoms in total. The molecule has 0 aromatic heterocycles. The van der Waals surface area contributed by atoms with E-state index < -0.39 is 0 Å². The average Bonchev–Trinajstić information content (AvgIpc) is 2.97. The molecule has 5 rings (SSSR count). The van der Waals surface area contributed by atoms with Crippen molar-refractivity contribution in [2.75, 3.05) is 4.90 Å². The summed E-state index contributed by atoms with van der Waals surface area (Å²) in [6.45, 7) is 0. The highest BCUT2D eigenvalue weighted by molar-refractivity contribution is 6.22. The van der Waals surface area contributed by atoms with Gasteiger partial charge in [-0.2, -0.15) is 0 Å². The van der Waals surface area contributed by atoms with Gasteiger partial charge in [-0.05, 0) is 36.8 Å². The molecule has 0 N–H and O–H groups in total. The molecule has 2 unspecified atom stereocenters. The van der Waals surface area contributed by atoms with Crippen LogP contribution in [-0.2, 0) is 14.3 Å². The van der Waals surface area contributed by atoms with Gasteiger partial charge in [0.25, 0.3) is 0 Å². The van der Waals surface area contributed by atoms with Crippen molar-refractivity contribution in [3.8, 4) is 0 Å². The minimum Gasteiger partial charge on any atom is -0.373 e. The van der Waals surface area contributed by atoms with Gasteiger partial charge in [-0.3, -0.25) is 9.59 Å². The number of nitrogens with zero attached hydrogens (tertiary/aromatic N) is 1. The normalized spacial score (nSPS) is 44.5. The minimum absolute atomic E-state index is 0.00564. The van der Waals surface area contributed by atoms with Crippen LogP contribution in [0.1, 0.15) is 12.8 Å². The van der Waals surface area contributed by atoms with Crippen molar-refractivity contribution in [2.24, 2.45) is 23.7 Å². The van der Waals surface area contributed by atoms with Crippen molar-refractivity contribution in [1.82, 2.24) is 0 Å². The molecule has 20 heavy (non-hydrogen) atoms. The number of anilines is 1. The maximum absolute atomic E-state index is 12.7. The lowest BCUT2D eigenvalue weighted by Gasteiger charge is -2.40. The summed E-state index contributed by atoms with van der Waals surface area (Å²) in [5.74, 6) is 0.485. The Bertz CT molecular complexity index is 579. The average molecular weight is 269 g/mol. The molecule has 1 aliphatic carbocycles. The van der Waals surface area contributed by atoms with Gasteiger partial charge in [-0.25, -0.2) is 4.90 Å². The summed E-state index contributed by atoms with van der Waals surface area (Å²) < 4.78 is 5.98. The molecular formula is C16H15NO3. The van der Waals surface area contributed by atoms with Crippen LogP contribution >= 0.6 is 0 Å². The number of para-hydroxylation sites is 1. The first-order chi connectivity index (χ1) is 9.77. The first-order valence-corrected chi connectivity index (χ1v) is 7.36. The zero-order valence-corrected chi connectivity index (χ0v) is 10.9. The molecule has 6 atom stereocenters. The van der Waals surface area contributed by atoms with Gasteiger partial charge in [-0.15, -0.1) is 0 Å². The predicted octanol–water partition coefficient (Wildman–Crippen LogP) is 1.60. The van der Waals surface area contributed by atoms with E-state index in [1.54, 1.807) is 0 Å². The molecule has 0 radical (unpaired) electrons. The van der Waals surface area contributed by atoms with Crippen LogP contribution in [0.3, 0.4) is 0 Å². The number of hydrogen-bond donors (Lipinski definition) is 0. The first kappa shape index (κ1) is 11.0. The topological polar surface area (TPSA) is 46.6 Å². The van der Waals surface area contributed by atoms with Crippen molar-refractivity contribution in [2.45, 2.75) is 25.0 Å². The van der Waals surface area contributed by atoms with E-state index in [1.165, 1.54) is 4.90 Å². The highest BCUT2D eigenvalue weighted by atomic mass is 16.5. The number of amides is 2. The van der Waals surface area contributed by atoms with Crippen molar-refractivity contribution in [1.29, 1.82) is 0 Å². The Balaban J connectivity index is 1.57. The van der Waals surface area contributed by atoms with Gasteiger partial charge in [0.1, 0.15) is 0 Å². The second kappa shape index (κ2) is 3.50. The fourth-order valence-electron chi connectivity index (χ4n) is 4.69. The lowest BCUT2D eigenvalue weighted by atomic mass is 9.60. The van der Waals surface area contributed by atoms with Gasteiger partial charge in [-0.1, -0.05) is 18.2 Å². The third-order valence-electron chi connectivity index (χ3n) is 5.66. The van der Waals surface area contributed by atoms with Crippen LogP contribution in [-0.4, -0.2) is 24.0 Å². The van der Waals surface area contributed by atoms with Crippen LogP contribution in [0.5, 0.6) is 0 Å². The lowest BCUT2D eigenvalue weighted by Crippen LogP contribution is -2.46. The molecule has 4 heteroatoms. The van der Waals surface area contributed by atoms with Crippen molar-refractivity contribution in [3.63, 3.8) is 0 Å². The summed E-state index contributed by atoms with van der Waals surface area (Å²) >= 11 is 0. The SMILES string of the molecule is O=C1[C@@H]2[C@H](C(=O)N1c1ccccc1)[C@@H]1O[C@H]2C2CCC21. The van der Waals surface area contributed by atoms with Gasteiger partial charge in [0.2, 0.25) is 11.8 Å². The number of imide groups is 1. The molecule has 0 spiro atoms. The molecule has 4 fully saturated rings. The summed E-state index contributed by atoms with van der Waals surface area (Å²) in [4.78, 5) is 26.8. The first-order valence-electron chi connectivity index (χ1n) is 7.36. The fourth-order valence-corrected chi connectivity index (χ4v) is 4.69. The maximum atomic E-state index is 12.7. The van der Waals surface area contributed by atoms with Crippen LogP contribution in [0, 0.1) is 23.7 Å². The van der Waals surface area contributed by atoms with Crippen molar-refractivity contribution in [3.05, 3.63) is 30.3 Å². The molecular weight excluding hydrogens is 254 g/mol. The molecule has 3 aliphatic heterocycles. The zero-order chi connectivity index (χ0) is 13.4. The van der Waals surface area contributed by atoms with Crippen LogP contribution in [0.25, 0.3) is 0 Å². The quantitative estimate of drug-likeness (QED) is 0.727. The second-order valence-electron chi connectivity index (χ2n) is 6.37. The monoisotopic (exact) mass is 269 g/mol. The zero-order valence-electron chi connectivity index (χ0n) is 10.9. The van der Waals surface area contributed by atoms with E-state index in [0.29, 0.717) is 17.5 Å². The second-order valence-corrected chi connectivity index (χ2v) is 6.37. The number of fused-ring (bicyclic) bond motifs is 8. The van der Waals surface area contributed by atoms with E-state index >= 15 is 0 Å². The highest BCUT2D eigenvalue weighted by Gasteiger charge is 2.70. The van der Waals surface area contributed by atoms with Crippen molar-refractivity contribution >= 4 is 17.5 Å². The molecule has 1 aromatic carbocycles. The Morgan fingerprint density at radius 3 is 1.95 bits per heavy atom. The van der Waals surface area contributed by atoms with E-state index in [9.17, 15) is 9.59 Å². The predicted molar refractivity (Wildman–Crippen MR) is 70.8 cm³/mol. The van der Waals surface area contributed by atoms with E-state index in [-0.39, 0.29) is 35.9 Å². The third kappa shape index (κ3) is 1.09. The number of ether oxygens (including phenoxy) is 1. The summed E-state index contributed by atoms with van der Waals surface area (Å²) in [7, 11) is 0. The Hall–Kier alpha value is -1.68. The summed E-state index contributed by atoms with van der Waals surface area (Å²) in [6, 6.07) is 9.27. The number of benzene rings is 1. The summed E-state index contributed by atoms with van der Waals surface area (Å²) in [6.07, 6.45) is 2.30. The molecule has 3 heterocycles. The molecule has 2 bridgehead atoms. The van der Waals surface area contributed by atoms with E-state index in [1.807, 2.05) is 30.3 Å². The Labute approximate surface area is 116 Å². The fraction of sp³-hybridized carbons (Fsp3) is 0.500. The Morgan fingerprint density at radius 1 is 0.900 bits per heavy atom. The minimum atomic E-state index is -0.228. The van der Waals surface area contributed by atoms with Gasteiger partial charge in [0, 0.05) is 0 Å². The van der Waals surface area contributed by atoms with Crippen LogP contribution in [0.4, 0.5) is 5.69 Å². The van der Waals surface area contributed by atoms with Crippen LogP contribution in [0.2, 0.25) is 0 Å². The molecule has 102 valence electrons. The van der Waals surface area contributed by atoms with E-state index in [0.717, 1.165) is 12.8 Å². The summed E-state index contributed by atoms with van der Waals surface area (Å²) in [5.41, 5.74) is 0.698. The standard InChI is InChI=1S/C16H15NO3/c18-15-11-12(14-10-7-6-9(10)13(11)20-14)16(19)17(15)8-4-2-1-3-5-8/h1-5,9-14H,6-7H2/t9?,10?,11-,12+,13+,14-. The van der Waals surface area contributed by atoms with Gasteiger partial charge >= 0.3 is 0 Å². The van der Waals surface area contributed by atoms with Crippen LogP contribution < -0.4 is 4.90 Å². The number of carbonyl (C=O) groups is 2. The largest absolute Gasteiger partial charge is 0.373 e. The van der Waals surface area contributed by atoms with Gasteiger partial charge in [0.15, 0.2) is 0 Å². The van der Waals surface area contributed by atoms with E-state index in [2.05, 4.69) is 0 Å².